The second-order valence-corrected chi connectivity index (χ2v) is 8.20. The van der Waals surface area contributed by atoms with Crippen LogP contribution in [0, 0.1) is 11.6 Å². The van der Waals surface area contributed by atoms with E-state index in [0.717, 1.165) is 34.3 Å². The maximum Gasteiger partial charge on any atom is 0.246 e. The zero-order chi connectivity index (χ0) is 21.1. The quantitative estimate of drug-likeness (QED) is 0.702. The number of hydrogen-bond donors (Lipinski definition) is 0. The maximum absolute atomic E-state index is 13.6. The summed E-state index contributed by atoms with van der Waals surface area (Å²) in [6.45, 7) is 1.58. The van der Waals surface area contributed by atoms with Crippen molar-refractivity contribution in [3.05, 3.63) is 59.7 Å². The highest BCUT2D eigenvalue weighted by molar-refractivity contribution is 7.92. The predicted octanol–water partition coefficient (Wildman–Crippen LogP) is 2.79. The van der Waals surface area contributed by atoms with Crippen molar-refractivity contribution < 1.29 is 26.7 Å². The van der Waals surface area contributed by atoms with Gasteiger partial charge in [-0.1, -0.05) is 18.2 Å². The van der Waals surface area contributed by atoms with Gasteiger partial charge in [0.05, 0.1) is 19.1 Å². The average Bonchev–Trinajstić information content (AvgIpc) is 2.63. The number of sulfonamides is 1. The highest BCUT2D eigenvalue weighted by atomic mass is 32.2. The summed E-state index contributed by atoms with van der Waals surface area (Å²) in [7, 11) is -0.903. The molecule has 152 valence electrons. The van der Waals surface area contributed by atoms with Gasteiger partial charge >= 0.3 is 0 Å². The van der Waals surface area contributed by atoms with Crippen LogP contribution in [0.1, 0.15) is 12.5 Å². The van der Waals surface area contributed by atoms with E-state index in [2.05, 4.69) is 0 Å². The summed E-state index contributed by atoms with van der Waals surface area (Å²) in [6, 6.07) is 8.64. The zero-order valence-electron chi connectivity index (χ0n) is 16.0. The average molecular weight is 412 g/mol. The third-order valence-electron chi connectivity index (χ3n) is 4.20. The molecule has 2 rings (SSSR count). The summed E-state index contributed by atoms with van der Waals surface area (Å²) in [5.41, 5.74) is 0.611. The first-order valence-electron chi connectivity index (χ1n) is 8.37. The number of carbonyl (C=O) groups is 1. The molecule has 0 aliphatic rings. The maximum atomic E-state index is 13.6. The Kier molecular flexibility index (Phi) is 6.60. The van der Waals surface area contributed by atoms with Gasteiger partial charge in [0.2, 0.25) is 15.9 Å². The van der Waals surface area contributed by atoms with E-state index in [1.165, 1.54) is 26.0 Å². The van der Waals surface area contributed by atoms with E-state index in [9.17, 15) is 22.0 Å². The van der Waals surface area contributed by atoms with Crippen LogP contribution in [0.2, 0.25) is 0 Å². The highest BCUT2D eigenvalue weighted by Gasteiger charge is 2.31. The smallest absolute Gasteiger partial charge is 0.246 e. The summed E-state index contributed by atoms with van der Waals surface area (Å²) in [5, 5.41) is 0. The van der Waals surface area contributed by atoms with Gasteiger partial charge < -0.3 is 9.64 Å². The number of para-hydroxylation sites is 1. The molecule has 0 aliphatic carbocycles. The molecule has 0 saturated heterocycles. The van der Waals surface area contributed by atoms with E-state index in [0.29, 0.717) is 5.75 Å². The molecule has 9 heteroatoms. The van der Waals surface area contributed by atoms with Crippen molar-refractivity contribution >= 4 is 21.6 Å². The van der Waals surface area contributed by atoms with Gasteiger partial charge in [-0.05, 0) is 25.1 Å². The van der Waals surface area contributed by atoms with E-state index < -0.39 is 33.6 Å². The van der Waals surface area contributed by atoms with Crippen molar-refractivity contribution in [3.8, 4) is 5.75 Å². The molecular weight excluding hydrogens is 390 g/mol. The molecule has 0 unspecified atom stereocenters. The van der Waals surface area contributed by atoms with Crippen LogP contribution in [-0.2, 0) is 21.4 Å². The molecule has 0 saturated carbocycles. The number of amides is 1. The van der Waals surface area contributed by atoms with E-state index >= 15 is 0 Å². The molecule has 28 heavy (non-hydrogen) atoms. The van der Waals surface area contributed by atoms with Crippen LogP contribution in [0.4, 0.5) is 14.5 Å². The molecule has 1 atom stereocenters. The van der Waals surface area contributed by atoms with E-state index in [1.54, 1.807) is 24.3 Å². The van der Waals surface area contributed by atoms with Gasteiger partial charge in [0.15, 0.2) is 11.6 Å². The fourth-order valence-electron chi connectivity index (χ4n) is 2.91. The van der Waals surface area contributed by atoms with Crippen molar-refractivity contribution in [2.45, 2.75) is 19.5 Å². The summed E-state index contributed by atoms with van der Waals surface area (Å²) < 4.78 is 57.4. The minimum Gasteiger partial charge on any atom is -0.496 e. The zero-order valence-corrected chi connectivity index (χ0v) is 16.8. The van der Waals surface area contributed by atoms with Crippen molar-refractivity contribution in [2.75, 3.05) is 24.7 Å². The van der Waals surface area contributed by atoms with Crippen LogP contribution in [-0.4, -0.2) is 45.7 Å². The predicted molar refractivity (Wildman–Crippen MR) is 103 cm³/mol. The largest absolute Gasteiger partial charge is 0.496 e. The minimum absolute atomic E-state index is 0.132. The van der Waals surface area contributed by atoms with Gasteiger partial charge in [-0.2, -0.15) is 0 Å². The van der Waals surface area contributed by atoms with Crippen LogP contribution in [0.25, 0.3) is 0 Å². The summed E-state index contributed by atoms with van der Waals surface area (Å²) >= 11 is 0. The number of carbonyl (C=O) groups excluding carboxylic acids is 1. The first-order valence-corrected chi connectivity index (χ1v) is 10.2. The van der Waals surface area contributed by atoms with E-state index in [1.807, 2.05) is 0 Å². The minimum atomic E-state index is -3.94. The lowest BCUT2D eigenvalue weighted by molar-refractivity contribution is -0.131. The highest BCUT2D eigenvalue weighted by Crippen LogP contribution is 2.25. The molecule has 2 aromatic carbocycles. The van der Waals surface area contributed by atoms with Gasteiger partial charge in [-0.15, -0.1) is 0 Å². The molecule has 1 amide bonds. The number of hydrogen-bond acceptors (Lipinski definition) is 4. The Morgan fingerprint density at radius 3 is 2.36 bits per heavy atom. The van der Waals surface area contributed by atoms with Crippen molar-refractivity contribution in [1.82, 2.24) is 4.90 Å². The van der Waals surface area contributed by atoms with E-state index in [4.69, 9.17) is 4.74 Å². The SMILES string of the molecule is COc1ccccc1CN(C)C(=O)[C@H](C)N(c1ccc(F)c(F)c1)S(C)(=O)=O. The van der Waals surface area contributed by atoms with Crippen LogP contribution in [0.15, 0.2) is 42.5 Å². The topological polar surface area (TPSA) is 66.9 Å². The monoisotopic (exact) mass is 412 g/mol. The molecule has 0 aromatic heterocycles. The third-order valence-corrected chi connectivity index (χ3v) is 5.44. The molecule has 0 bridgehead atoms. The fraction of sp³-hybridized carbons (Fsp3) is 0.316. The number of likely N-dealkylation sites (N-methyl/N-ethyl adjacent to an activating group) is 1. The lowest BCUT2D eigenvalue weighted by Gasteiger charge is -2.31. The Labute approximate surface area is 163 Å². The lowest BCUT2D eigenvalue weighted by Crippen LogP contribution is -2.48. The second kappa shape index (κ2) is 8.55. The molecule has 0 radical (unpaired) electrons. The molecule has 0 spiro atoms. The summed E-state index contributed by atoms with van der Waals surface area (Å²) in [6.07, 6.45) is 0.901. The molecule has 0 N–H and O–H groups in total. The summed E-state index contributed by atoms with van der Waals surface area (Å²) in [4.78, 5) is 14.2. The molecule has 0 fully saturated rings. The molecule has 2 aromatic rings. The van der Waals surface area contributed by atoms with Crippen LogP contribution in [0.3, 0.4) is 0 Å². The number of ether oxygens (including phenoxy) is 1. The molecular formula is C19H22F2N2O4S. The Bertz CT molecular complexity index is 966. The third kappa shape index (κ3) is 4.78. The van der Waals surface area contributed by atoms with Gasteiger partial charge in [-0.25, -0.2) is 17.2 Å². The fourth-order valence-corrected chi connectivity index (χ4v) is 4.07. The first-order chi connectivity index (χ1) is 13.1. The van der Waals surface area contributed by atoms with Crippen LogP contribution in [0.5, 0.6) is 5.75 Å². The van der Waals surface area contributed by atoms with Crippen molar-refractivity contribution in [1.29, 1.82) is 0 Å². The Morgan fingerprint density at radius 1 is 1.14 bits per heavy atom. The van der Waals surface area contributed by atoms with Crippen molar-refractivity contribution in [3.63, 3.8) is 0 Å². The second-order valence-electron chi connectivity index (χ2n) is 6.34. The van der Waals surface area contributed by atoms with Gasteiger partial charge in [0, 0.05) is 25.2 Å². The molecule has 0 heterocycles. The number of anilines is 1. The number of nitrogens with zero attached hydrogens (tertiary/aromatic N) is 2. The lowest BCUT2D eigenvalue weighted by atomic mass is 10.1. The normalized spacial score (nSPS) is 12.4. The van der Waals surface area contributed by atoms with Gasteiger partial charge in [0.25, 0.3) is 0 Å². The van der Waals surface area contributed by atoms with E-state index in [-0.39, 0.29) is 12.2 Å². The number of benzene rings is 2. The Morgan fingerprint density at radius 2 is 1.79 bits per heavy atom. The molecule has 0 aliphatic heterocycles. The van der Waals surface area contributed by atoms with Gasteiger partial charge in [0.1, 0.15) is 11.8 Å². The summed E-state index contributed by atoms with van der Waals surface area (Å²) in [5.74, 6) is -2.23. The molecule has 6 nitrogen and oxygen atoms in total. The number of halogens is 2. The van der Waals surface area contributed by atoms with Crippen molar-refractivity contribution in [2.24, 2.45) is 0 Å². The number of rotatable bonds is 7. The standard InChI is InChI=1S/C19H22F2N2O4S/c1-13(19(24)22(2)12-14-7-5-6-8-18(14)27-3)23(28(4,25)26)15-9-10-16(20)17(21)11-15/h5-11,13H,12H2,1-4H3/t13-/m0/s1. The first kappa shape index (κ1) is 21.6. The Balaban J connectivity index is 2.31. The van der Waals surface area contributed by atoms with Crippen LogP contribution >= 0.6 is 0 Å². The Hall–Kier alpha value is -2.68. The van der Waals surface area contributed by atoms with Gasteiger partial charge in [-0.3, -0.25) is 9.10 Å². The van der Waals surface area contributed by atoms with Crippen LogP contribution < -0.4 is 9.04 Å². The number of methoxy groups -OCH3 is 1.